The third-order valence-corrected chi connectivity index (χ3v) is 8.66. The Morgan fingerprint density at radius 2 is 1.74 bits per heavy atom. The van der Waals surface area contributed by atoms with E-state index in [1.165, 1.54) is 24.5 Å². The van der Waals surface area contributed by atoms with Gasteiger partial charge in [0.25, 0.3) is 0 Å². The van der Waals surface area contributed by atoms with Crippen LogP contribution in [-0.4, -0.2) is 17.9 Å². The molecule has 0 N–H and O–H groups in total. The molecule has 0 aromatic carbocycles. The maximum Gasteiger partial charge on any atom is 0.302 e. The number of ketones is 1. The van der Waals surface area contributed by atoms with Crippen molar-refractivity contribution in [3.05, 3.63) is 22.8 Å². The van der Waals surface area contributed by atoms with E-state index >= 15 is 0 Å². The van der Waals surface area contributed by atoms with Gasteiger partial charge in [-0.05, 0) is 86.5 Å². The molecule has 27 heavy (non-hydrogen) atoms. The molecule has 4 aliphatic carbocycles. The highest BCUT2D eigenvalue weighted by Gasteiger charge is 2.58. The van der Waals surface area contributed by atoms with Crippen molar-refractivity contribution in [1.82, 2.24) is 0 Å². The van der Waals surface area contributed by atoms with Gasteiger partial charge in [0.15, 0.2) is 5.78 Å². The van der Waals surface area contributed by atoms with E-state index in [1.54, 1.807) is 6.92 Å². The summed E-state index contributed by atoms with van der Waals surface area (Å²) in [6, 6.07) is 0. The second kappa shape index (κ2) is 6.32. The molecule has 2 saturated carbocycles. The van der Waals surface area contributed by atoms with Crippen LogP contribution in [0.5, 0.6) is 0 Å². The molecule has 4 unspecified atom stereocenters. The first-order valence-electron chi connectivity index (χ1n) is 10.7. The lowest BCUT2D eigenvalue weighted by Crippen LogP contribution is -2.50. The van der Waals surface area contributed by atoms with Crippen molar-refractivity contribution in [3.63, 3.8) is 0 Å². The average Bonchev–Trinajstić information content (AvgIpc) is 2.85. The van der Waals surface area contributed by atoms with Crippen LogP contribution in [0.4, 0.5) is 0 Å². The predicted molar refractivity (Wildman–Crippen MR) is 106 cm³/mol. The lowest BCUT2D eigenvalue weighted by Gasteiger charge is -2.57. The molecule has 0 spiro atoms. The highest BCUT2D eigenvalue weighted by atomic mass is 16.5. The Morgan fingerprint density at radius 1 is 1.04 bits per heavy atom. The van der Waals surface area contributed by atoms with E-state index < -0.39 is 0 Å². The lowest BCUT2D eigenvalue weighted by molar-refractivity contribution is -0.148. The number of carbonyl (C=O) groups is 2. The first-order chi connectivity index (χ1) is 12.7. The molecule has 2 fully saturated rings. The van der Waals surface area contributed by atoms with Crippen molar-refractivity contribution in [2.45, 2.75) is 85.7 Å². The molecule has 4 rings (SSSR count). The number of rotatable bonds is 2. The molecule has 3 nitrogen and oxygen atoms in total. The molecule has 148 valence electrons. The van der Waals surface area contributed by atoms with Gasteiger partial charge < -0.3 is 4.74 Å². The van der Waals surface area contributed by atoms with Crippen molar-refractivity contribution in [3.8, 4) is 0 Å². The molecular weight excluding hydrogens is 336 g/mol. The van der Waals surface area contributed by atoms with Gasteiger partial charge >= 0.3 is 5.97 Å². The number of fused-ring (bicyclic) bond motifs is 5. The van der Waals surface area contributed by atoms with Crippen LogP contribution < -0.4 is 0 Å². The molecule has 0 aromatic heterocycles. The van der Waals surface area contributed by atoms with Crippen LogP contribution >= 0.6 is 0 Å². The van der Waals surface area contributed by atoms with Crippen LogP contribution in [0.3, 0.4) is 0 Å². The second-order valence-electron chi connectivity index (χ2n) is 10.1. The van der Waals surface area contributed by atoms with Gasteiger partial charge in [-0.25, -0.2) is 0 Å². The average molecular weight is 371 g/mol. The quantitative estimate of drug-likeness (QED) is 0.483. The molecule has 0 saturated heterocycles. The first-order valence-corrected chi connectivity index (χ1v) is 10.7. The summed E-state index contributed by atoms with van der Waals surface area (Å²) in [4.78, 5) is 23.8. The van der Waals surface area contributed by atoms with Crippen molar-refractivity contribution in [1.29, 1.82) is 0 Å². The fourth-order valence-corrected chi connectivity index (χ4v) is 7.59. The fourth-order valence-electron chi connectivity index (χ4n) is 7.59. The molecule has 0 heterocycles. The van der Waals surface area contributed by atoms with E-state index in [0.29, 0.717) is 17.8 Å². The largest absolute Gasteiger partial charge is 0.462 e. The van der Waals surface area contributed by atoms with Gasteiger partial charge in [-0.3, -0.25) is 9.59 Å². The standard InChI is InChI=1S/C24H34O3/c1-14-12-21-19-7-6-17-13-18(27-16(3)26)8-10-23(17,4)20(19)9-11-24(21,5)22(14)15(2)25/h6,18-21H,7-13H2,1-5H3/t18?,19?,20?,21?,23-,24-/m0/s1. The smallest absolute Gasteiger partial charge is 0.302 e. The number of Topliss-reactive ketones (excluding diaryl/α,β-unsaturated/α-hetero) is 1. The monoisotopic (exact) mass is 370 g/mol. The number of allylic oxidation sites excluding steroid dienone is 3. The second-order valence-corrected chi connectivity index (χ2v) is 10.1. The Bertz CT molecular complexity index is 745. The summed E-state index contributed by atoms with van der Waals surface area (Å²) in [5.41, 5.74) is 4.33. The number of hydrogen-bond acceptors (Lipinski definition) is 3. The molecule has 0 bridgehead atoms. The van der Waals surface area contributed by atoms with Crippen molar-refractivity contribution in [2.24, 2.45) is 28.6 Å². The summed E-state index contributed by atoms with van der Waals surface area (Å²) in [6.07, 6.45) is 10.1. The van der Waals surface area contributed by atoms with Crippen molar-refractivity contribution < 1.29 is 14.3 Å². The van der Waals surface area contributed by atoms with Gasteiger partial charge in [0.2, 0.25) is 0 Å². The molecule has 0 aliphatic heterocycles. The molecule has 3 heteroatoms. The van der Waals surface area contributed by atoms with E-state index in [0.717, 1.165) is 44.1 Å². The summed E-state index contributed by atoms with van der Waals surface area (Å²) < 4.78 is 5.54. The summed E-state index contributed by atoms with van der Waals surface area (Å²) >= 11 is 0. The minimum atomic E-state index is -0.157. The Hall–Kier alpha value is -1.38. The summed E-state index contributed by atoms with van der Waals surface area (Å²) in [5, 5.41) is 0. The van der Waals surface area contributed by atoms with Crippen LogP contribution in [0.25, 0.3) is 0 Å². The van der Waals surface area contributed by atoms with Gasteiger partial charge in [-0.2, -0.15) is 0 Å². The number of esters is 1. The topological polar surface area (TPSA) is 43.4 Å². The Morgan fingerprint density at radius 3 is 2.41 bits per heavy atom. The molecule has 4 aliphatic rings. The molecule has 0 amide bonds. The van der Waals surface area contributed by atoms with Gasteiger partial charge in [0, 0.05) is 13.3 Å². The first kappa shape index (κ1) is 19.0. The fraction of sp³-hybridized carbons (Fsp3) is 0.750. The molecule has 0 aromatic rings. The number of ether oxygens (including phenoxy) is 1. The molecular formula is C24H34O3. The van der Waals surface area contributed by atoms with E-state index in [4.69, 9.17) is 4.74 Å². The maximum atomic E-state index is 12.4. The van der Waals surface area contributed by atoms with E-state index in [2.05, 4.69) is 26.8 Å². The Balaban J connectivity index is 1.62. The third-order valence-electron chi connectivity index (χ3n) is 8.66. The van der Waals surface area contributed by atoms with E-state index in [1.807, 2.05) is 0 Å². The van der Waals surface area contributed by atoms with E-state index in [-0.39, 0.29) is 28.7 Å². The zero-order valence-electron chi connectivity index (χ0n) is 17.6. The highest BCUT2D eigenvalue weighted by molar-refractivity contribution is 5.96. The van der Waals surface area contributed by atoms with Crippen LogP contribution in [-0.2, 0) is 14.3 Å². The van der Waals surface area contributed by atoms with Crippen LogP contribution in [0.2, 0.25) is 0 Å². The van der Waals surface area contributed by atoms with Crippen LogP contribution in [0, 0.1) is 28.6 Å². The summed E-state index contributed by atoms with van der Waals surface area (Å²) in [5.74, 6) is 2.12. The van der Waals surface area contributed by atoms with Crippen LogP contribution in [0.1, 0.15) is 79.6 Å². The lowest BCUT2D eigenvalue weighted by atomic mass is 9.47. The van der Waals surface area contributed by atoms with Gasteiger partial charge in [0.1, 0.15) is 6.10 Å². The van der Waals surface area contributed by atoms with Crippen molar-refractivity contribution >= 4 is 11.8 Å². The Labute approximate surface area is 163 Å². The zero-order chi connectivity index (χ0) is 19.6. The van der Waals surface area contributed by atoms with Gasteiger partial charge in [-0.15, -0.1) is 0 Å². The molecule has 6 atom stereocenters. The summed E-state index contributed by atoms with van der Waals surface area (Å²) in [6.45, 7) is 10.3. The number of carbonyl (C=O) groups excluding carboxylic acids is 2. The maximum absolute atomic E-state index is 12.4. The molecule has 0 radical (unpaired) electrons. The highest BCUT2D eigenvalue weighted by Crippen LogP contribution is 2.66. The van der Waals surface area contributed by atoms with E-state index in [9.17, 15) is 9.59 Å². The predicted octanol–water partition coefficient (Wildman–Crippen LogP) is 5.40. The van der Waals surface area contributed by atoms with Gasteiger partial charge in [-0.1, -0.05) is 31.1 Å². The minimum absolute atomic E-state index is 0.0620. The third kappa shape index (κ3) is 2.76. The normalized spacial score (nSPS) is 43.4. The zero-order valence-corrected chi connectivity index (χ0v) is 17.6. The van der Waals surface area contributed by atoms with Gasteiger partial charge in [0.05, 0.1) is 0 Å². The Kier molecular flexibility index (Phi) is 4.44. The summed E-state index contributed by atoms with van der Waals surface area (Å²) in [7, 11) is 0. The SMILES string of the molecule is CC(=O)OC1CC[C@@]2(C)C(=CCC3C2CC[C@]2(C)C(C(C)=O)=C(C)CC32)C1. The van der Waals surface area contributed by atoms with Crippen molar-refractivity contribution in [2.75, 3.05) is 0 Å². The number of hydrogen-bond donors (Lipinski definition) is 0. The van der Waals surface area contributed by atoms with Crippen LogP contribution in [0.15, 0.2) is 22.8 Å². The minimum Gasteiger partial charge on any atom is -0.462 e.